The summed E-state index contributed by atoms with van der Waals surface area (Å²) in [5.41, 5.74) is -0.385. The van der Waals surface area contributed by atoms with Crippen molar-refractivity contribution in [2.24, 2.45) is 5.92 Å². The van der Waals surface area contributed by atoms with Crippen LogP contribution in [0.3, 0.4) is 0 Å². The second-order valence-corrected chi connectivity index (χ2v) is 6.05. The average Bonchev–Trinajstić information content (AvgIpc) is 2.46. The fourth-order valence-corrected chi connectivity index (χ4v) is 2.72. The summed E-state index contributed by atoms with van der Waals surface area (Å²) in [5, 5.41) is 12.5. The van der Waals surface area contributed by atoms with E-state index in [0.29, 0.717) is 0 Å². The second kappa shape index (κ2) is 9.34. The van der Waals surface area contributed by atoms with Crippen LogP contribution in [0.5, 0.6) is 0 Å². The van der Waals surface area contributed by atoms with Crippen LogP contribution >= 0.6 is 0 Å². The average molecular weight is 266 g/mol. The molecule has 110 valence electrons. The Morgan fingerprint density at radius 1 is 1.32 bits per heavy atom. The van der Waals surface area contributed by atoms with Gasteiger partial charge in [-0.2, -0.15) is 5.26 Å². The fourth-order valence-electron chi connectivity index (χ4n) is 2.72. The zero-order valence-electron chi connectivity index (χ0n) is 12.7. The minimum Gasteiger partial charge on any atom is -0.381 e. The van der Waals surface area contributed by atoms with Crippen LogP contribution in [-0.4, -0.2) is 25.3 Å². The molecule has 1 fully saturated rings. The number of ether oxygens (including phenoxy) is 1. The molecular weight excluding hydrogens is 236 g/mol. The molecule has 0 saturated heterocycles. The van der Waals surface area contributed by atoms with Gasteiger partial charge >= 0.3 is 0 Å². The van der Waals surface area contributed by atoms with Gasteiger partial charge in [0.1, 0.15) is 5.54 Å². The summed E-state index contributed by atoms with van der Waals surface area (Å²) in [6.45, 7) is 6.74. The second-order valence-electron chi connectivity index (χ2n) is 6.05. The maximum absolute atomic E-state index is 9.22. The normalized spacial score (nSPS) is 19.8. The van der Waals surface area contributed by atoms with E-state index in [1.165, 1.54) is 32.1 Å². The molecular formula is C16H30N2O. The van der Waals surface area contributed by atoms with Crippen LogP contribution in [0.15, 0.2) is 0 Å². The molecule has 0 aliphatic heterocycles. The van der Waals surface area contributed by atoms with Crippen LogP contribution in [0.25, 0.3) is 0 Å². The highest BCUT2D eigenvalue weighted by Crippen LogP contribution is 2.23. The molecule has 1 aliphatic rings. The molecule has 1 aliphatic carbocycles. The quantitative estimate of drug-likeness (QED) is 0.648. The molecule has 0 aromatic heterocycles. The molecule has 0 spiro atoms. The molecule has 0 amide bonds. The Balaban J connectivity index is 2.06. The highest BCUT2D eigenvalue weighted by molar-refractivity contribution is 5.03. The Kier molecular flexibility index (Phi) is 8.09. The van der Waals surface area contributed by atoms with Gasteiger partial charge in [-0.05, 0) is 51.5 Å². The van der Waals surface area contributed by atoms with Gasteiger partial charge in [-0.25, -0.2) is 0 Å². The Hall–Kier alpha value is -0.590. The smallest absolute Gasteiger partial charge is 0.104 e. The van der Waals surface area contributed by atoms with Gasteiger partial charge in [-0.1, -0.05) is 26.2 Å². The van der Waals surface area contributed by atoms with E-state index in [2.05, 4.69) is 18.3 Å². The number of nitriles is 1. The predicted molar refractivity (Wildman–Crippen MR) is 78.9 cm³/mol. The lowest BCUT2D eigenvalue weighted by Crippen LogP contribution is -2.41. The van der Waals surface area contributed by atoms with Gasteiger partial charge in [-0.15, -0.1) is 0 Å². The van der Waals surface area contributed by atoms with Crippen LogP contribution < -0.4 is 5.32 Å². The van der Waals surface area contributed by atoms with Crippen molar-refractivity contribution in [3.8, 4) is 6.07 Å². The van der Waals surface area contributed by atoms with Gasteiger partial charge in [0.2, 0.25) is 0 Å². The van der Waals surface area contributed by atoms with Crippen LogP contribution in [0.1, 0.15) is 65.2 Å². The van der Waals surface area contributed by atoms with Crippen LogP contribution in [-0.2, 0) is 4.74 Å². The third-order valence-electron chi connectivity index (χ3n) is 4.06. The van der Waals surface area contributed by atoms with Crippen molar-refractivity contribution in [1.82, 2.24) is 5.32 Å². The standard InChI is InChI=1S/C16H30N2O/c1-3-11-18-16(2,14-17)10-7-12-19-13-15-8-5-4-6-9-15/h15,18H,3-13H2,1-2H3. The SMILES string of the molecule is CCCNC(C)(C#N)CCCOCC1CCCCC1. The summed E-state index contributed by atoms with van der Waals surface area (Å²) in [6.07, 6.45) is 9.74. The molecule has 3 heteroatoms. The van der Waals surface area contributed by atoms with E-state index in [9.17, 15) is 5.26 Å². The Morgan fingerprint density at radius 3 is 2.68 bits per heavy atom. The highest BCUT2D eigenvalue weighted by Gasteiger charge is 2.21. The molecule has 1 unspecified atom stereocenters. The number of hydrogen-bond donors (Lipinski definition) is 1. The van der Waals surface area contributed by atoms with Crippen molar-refractivity contribution in [1.29, 1.82) is 5.26 Å². The maximum Gasteiger partial charge on any atom is 0.104 e. The van der Waals surface area contributed by atoms with Crippen molar-refractivity contribution in [2.75, 3.05) is 19.8 Å². The maximum atomic E-state index is 9.22. The van der Waals surface area contributed by atoms with Crippen molar-refractivity contribution in [3.05, 3.63) is 0 Å². The molecule has 0 aromatic carbocycles. The Bertz CT molecular complexity index is 268. The largest absolute Gasteiger partial charge is 0.381 e. The zero-order chi connectivity index (χ0) is 14.0. The zero-order valence-corrected chi connectivity index (χ0v) is 12.7. The molecule has 0 heterocycles. The number of nitrogens with one attached hydrogen (secondary N) is 1. The minimum absolute atomic E-state index is 0.385. The highest BCUT2D eigenvalue weighted by atomic mass is 16.5. The topological polar surface area (TPSA) is 45.0 Å². The Morgan fingerprint density at radius 2 is 2.05 bits per heavy atom. The summed E-state index contributed by atoms with van der Waals surface area (Å²) in [5.74, 6) is 0.786. The summed E-state index contributed by atoms with van der Waals surface area (Å²) in [7, 11) is 0. The van der Waals surface area contributed by atoms with Crippen LogP contribution in [0.4, 0.5) is 0 Å². The Labute approximate surface area is 118 Å². The first-order chi connectivity index (χ1) is 9.20. The summed E-state index contributed by atoms with van der Waals surface area (Å²) in [6, 6.07) is 2.39. The molecule has 3 nitrogen and oxygen atoms in total. The van der Waals surface area contributed by atoms with Gasteiger partial charge in [0.05, 0.1) is 6.07 Å². The van der Waals surface area contributed by atoms with E-state index in [-0.39, 0.29) is 5.54 Å². The molecule has 0 aromatic rings. The number of hydrogen-bond acceptors (Lipinski definition) is 3. The molecule has 1 saturated carbocycles. The third kappa shape index (κ3) is 6.94. The van der Waals surface area contributed by atoms with Crippen LogP contribution in [0.2, 0.25) is 0 Å². The molecule has 1 atom stereocenters. The summed E-state index contributed by atoms with van der Waals surface area (Å²) in [4.78, 5) is 0. The first kappa shape index (κ1) is 16.5. The lowest BCUT2D eigenvalue weighted by molar-refractivity contribution is 0.0802. The van der Waals surface area contributed by atoms with Crippen molar-refractivity contribution >= 4 is 0 Å². The van der Waals surface area contributed by atoms with Gasteiger partial charge in [-0.3, -0.25) is 5.32 Å². The molecule has 1 rings (SSSR count). The van der Waals surface area contributed by atoms with Crippen LogP contribution in [0, 0.1) is 17.2 Å². The van der Waals surface area contributed by atoms with Crippen molar-refractivity contribution < 1.29 is 4.74 Å². The molecule has 0 bridgehead atoms. The minimum atomic E-state index is -0.385. The molecule has 19 heavy (non-hydrogen) atoms. The first-order valence-corrected chi connectivity index (χ1v) is 7.94. The van der Waals surface area contributed by atoms with E-state index >= 15 is 0 Å². The molecule has 0 radical (unpaired) electrons. The van der Waals surface area contributed by atoms with Gasteiger partial charge in [0.25, 0.3) is 0 Å². The van der Waals surface area contributed by atoms with Gasteiger partial charge in [0.15, 0.2) is 0 Å². The van der Waals surface area contributed by atoms with Crippen molar-refractivity contribution in [3.63, 3.8) is 0 Å². The van der Waals surface area contributed by atoms with Gasteiger partial charge < -0.3 is 4.74 Å². The van der Waals surface area contributed by atoms with Crippen molar-refractivity contribution in [2.45, 2.75) is 70.8 Å². The van der Waals surface area contributed by atoms with E-state index < -0.39 is 0 Å². The number of rotatable bonds is 9. The molecule has 1 N–H and O–H groups in total. The lowest BCUT2D eigenvalue weighted by atomic mass is 9.90. The van der Waals surface area contributed by atoms with E-state index in [0.717, 1.165) is 44.9 Å². The lowest BCUT2D eigenvalue weighted by Gasteiger charge is -2.24. The van der Waals surface area contributed by atoms with E-state index in [1.54, 1.807) is 0 Å². The van der Waals surface area contributed by atoms with Gasteiger partial charge in [0, 0.05) is 13.2 Å². The third-order valence-corrected chi connectivity index (χ3v) is 4.06. The fraction of sp³-hybridized carbons (Fsp3) is 0.938. The van der Waals surface area contributed by atoms with E-state index in [4.69, 9.17) is 4.74 Å². The summed E-state index contributed by atoms with van der Waals surface area (Å²) >= 11 is 0. The summed E-state index contributed by atoms with van der Waals surface area (Å²) < 4.78 is 5.78. The monoisotopic (exact) mass is 266 g/mol. The van der Waals surface area contributed by atoms with E-state index in [1.807, 2.05) is 6.92 Å². The number of nitrogens with zero attached hydrogens (tertiary/aromatic N) is 1. The predicted octanol–water partition coefficient (Wildman–Crippen LogP) is 3.65. The first-order valence-electron chi connectivity index (χ1n) is 7.94.